The summed E-state index contributed by atoms with van der Waals surface area (Å²) in [5.74, 6) is 2.43. The highest BCUT2D eigenvalue weighted by Crippen LogP contribution is 2.28. The number of guanidine groups is 1. The van der Waals surface area contributed by atoms with Gasteiger partial charge in [0.15, 0.2) is 5.96 Å². The molecule has 1 aromatic rings. The van der Waals surface area contributed by atoms with Crippen LogP contribution >= 0.6 is 0 Å². The van der Waals surface area contributed by atoms with E-state index in [1.165, 1.54) is 6.42 Å². The van der Waals surface area contributed by atoms with Crippen LogP contribution in [0.3, 0.4) is 0 Å². The lowest BCUT2D eigenvalue weighted by Crippen LogP contribution is -2.52. The van der Waals surface area contributed by atoms with Crippen LogP contribution in [0.2, 0.25) is 0 Å². The molecule has 0 radical (unpaired) electrons. The SMILES string of the molecule is CN=C(NCCCOc1ccccc1)NCCN1CCN(C(=O)C2CCC2)CC1. The summed E-state index contributed by atoms with van der Waals surface area (Å²) >= 11 is 0. The fourth-order valence-corrected chi connectivity index (χ4v) is 3.64. The van der Waals surface area contributed by atoms with Crippen LogP contribution in [0.1, 0.15) is 25.7 Å². The number of piperazine rings is 1. The van der Waals surface area contributed by atoms with E-state index in [0.717, 1.165) is 76.8 Å². The van der Waals surface area contributed by atoms with Crippen molar-refractivity contribution in [3.63, 3.8) is 0 Å². The van der Waals surface area contributed by atoms with Crippen molar-refractivity contribution in [1.29, 1.82) is 0 Å². The fraction of sp³-hybridized carbons (Fsp3) is 0.636. The fourth-order valence-electron chi connectivity index (χ4n) is 3.64. The number of carbonyl (C=O) groups is 1. The third-order valence-electron chi connectivity index (χ3n) is 5.71. The molecule has 0 atom stereocenters. The molecule has 1 aromatic carbocycles. The number of nitrogens with zero attached hydrogens (tertiary/aromatic N) is 3. The maximum Gasteiger partial charge on any atom is 0.225 e. The summed E-state index contributed by atoms with van der Waals surface area (Å²) in [5, 5.41) is 6.70. The van der Waals surface area contributed by atoms with Crippen LogP contribution in [0.25, 0.3) is 0 Å². The molecule has 1 saturated heterocycles. The van der Waals surface area contributed by atoms with Crippen LogP contribution < -0.4 is 15.4 Å². The number of rotatable bonds is 9. The normalized spacial score (nSPS) is 18.2. The van der Waals surface area contributed by atoms with Crippen LogP contribution in [-0.4, -0.2) is 81.1 Å². The third-order valence-corrected chi connectivity index (χ3v) is 5.71. The molecule has 2 aliphatic rings. The van der Waals surface area contributed by atoms with E-state index in [1.807, 2.05) is 30.3 Å². The van der Waals surface area contributed by atoms with Crippen molar-refractivity contribution >= 4 is 11.9 Å². The van der Waals surface area contributed by atoms with Gasteiger partial charge in [0.25, 0.3) is 0 Å². The smallest absolute Gasteiger partial charge is 0.225 e. The van der Waals surface area contributed by atoms with E-state index >= 15 is 0 Å². The van der Waals surface area contributed by atoms with Gasteiger partial charge in [-0.25, -0.2) is 0 Å². The van der Waals surface area contributed by atoms with Gasteiger partial charge in [-0.15, -0.1) is 0 Å². The Morgan fingerprint density at radius 2 is 1.83 bits per heavy atom. The van der Waals surface area contributed by atoms with Crippen molar-refractivity contribution in [3.05, 3.63) is 30.3 Å². The average Bonchev–Trinajstić information content (AvgIpc) is 2.72. The Kier molecular flexibility index (Phi) is 8.61. The summed E-state index contributed by atoms with van der Waals surface area (Å²) < 4.78 is 5.70. The van der Waals surface area contributed by atoms with Gasteiger partial charge < -0.3 is 20.3 Å². The molecule has 1 amide bonds. The Balaban J connectivity index is 1.22. The highest BCUT2D eigenvalue weighted by atomic mass is 16.5. The number of nitrogens with one attached hydrogen (secondary N) is 2. The van der Waals surface area contributed by atoms with E-state index in [1.54, 1.807) is 7.05 Å². The predicted octanol–water partition coefficient (Wildman–Crippen LogP) is 1.56. The summed E-state index contributed by atoms with van der Waals surface area (Å²) in [6, 6.07) is 9.88. The molecule has 29 heavy (non-hydrogen) atoms. The topological polar surface area (TPSA) is 69.2 Å². The lowest BCUT2D eigenvalue weighted by atomic mass is 9.84. The Bertz CT molecular complexity index is 640. The minimum Gasteiger partial charge on any atom is -0.494 e. The van der Waals surface area contributed by atoms with Gasteiger partial charge in [0.1, 0.15) is 5.75 Å². The van der Waals surface area contributed by atoms with Gasteiger partial charge in [0.2, 0.25) is 5.91 Å². The standard InChI is InChI=1S/C22H35N5O2/c1-23-22(24-11-6-18-29-20-9-3-2-4-10-20)25-12-13-26-14-16-27(17-15-26)21(28)19-7-5-8-19/h2-4,9-10,19H,5-8,11-18H2,1H3,(H2,23,24,25). The molecule has 160 valence electrons. The molecular weight excluding hydrogens is 366 g/mol. The van der Waals surface area contributed by atoms with E-state index < -0.39 is 0 Å². The van der Waals surface area contributed by atoms with E-state index in [9.17, 15) is 4.79 Å². The minimum absolute atomic E-state index is 0.315. The molecule has 3 rings (SSSR count). The Morgan fingerprint density at radius 3 is 2.48 bits per heavy atom. The number of hydrogen-bond acceptors (Lipinski definition) is 4. The molecule has 1 heterocycles. The maximum atomic E-state index is 12.3. The second-order valence-corrected chi connectivity index (χ2v) is 7.74. The lowest BCUT2D eigenvalue weighted by molar-refractivity contribution is -0.139. The Hall–Kier alpha value is -2.28. The predicted molar refractivity (Wildman–Crippen MR) is 116 cm³/mol. The number of amides is 1. The zero-order valence-electron chi connectivity index (χ0n) is 17.6. The van der Waals surface area contributed by atoms with Crippen LogP contribution in [-0.2, 0) is 4.79 Å². The first-order chi connectivity index (χ1) is 14.3. The van der Waals surface area contributed by atoms with Gasteiger partial charge in [-0.3, -0.25) is 14.7 Å². The minimum atomic E-state index is 0.315. The zero-order valence-corrected chi connectivity index (χ0v) is 17.6. The first-order valence-electron chi connectivity index (χ1n) is 10.9. The molecule has 0 unspecified atom stereocenters. The maximum absolute atomic E-state index is 12.3. The number of benzene rings is 1. The number of hydrogen-bond donors (Lipinski definition) is 2. The molecule has 1 saturated carbocycles. The van der Waals surface area contributed by atoms with Gasteiger partial charge in [-0.1, -0.05) is 24.6 Å². The molecule has 0 bridgehead atoms. The largest absolute Gasteiger partial charge is 0.494 e. The van der Waals surface area contributed by atoms with E-state index in [2.05, 4.69) is 25.4 Å². The molecular formula is C22H35N5O2. The molecule has 0 spiro atoms. The summed E-state index contributed by atoms with van der Waals surface area (Å²) in [4.78, 5) is 21.1. The molecule has 0 aromatic heterocycles. The summed E-state index contributed by atoms with van der Waals surface area (Å²) in [5.41, 5.74) is 0. The molecule has 1 aliphatic heterocycles. The van der Waals surface area contributed by atoms with Crippen LogP contribution in [0.4, 0.5) is 0 Å². The van der Waals surface area contributed by atoms with Crippen LogP contribution in [0.5, 0.6) is 5.75 Å². The second-order valence-electron chi connectivity index (χ2n) is 7.74. The molecule has 1 aliphatic carbocycles. The number of aliphatic imine (C=N–C) groups is 1. The van der Waals surface area contributed by atoms with Crippen molar-refractivity contribution in [3.8, 4) is 5.75 Å². The monoisotopic (exact) mass is 401 g/mol. The van der Waals surface area contributed by atoms with E-state index in [-0.39, 0.29) is 0 Å². The van der Waals surface area contributed by atoms with Gasteiger partial charge in [-0.05, 0) is 31.4 Å². The van der Waals surface area contributed by atoms with Gasteiger partial charge in [0.05, 0.1) is 6.61 Å². The van der Waals surface area contributed by atoms with Gasteiger partial charge in [0, 0.05) is 58.8 Å². The summed E-state index contributed by atoms with van der Waals surface area (Å²) in [7, 11) is 1.79. The van der Waals surface area contributed by atoms with Gasteiger partial charge in [-0.2, -0.15) is 0 Å². The summed E-state index contributed by atoms with van der Waals surface area (Å²) in [6.45, 7) is 6.95. The average molecular weight is 402 g/mol. The van der Waals surface area contributed by atoms with Crippen molar-refractivity contribution in [2.75, 3.05) is 59.5 Å². The summed E-state index contributed by atoms with van der Waals surface area (Å²) in [6.07, 6.45) is 4.31. The Morgan fingerprint density at radius 1 is 1.10 bits per heavy atom. The van der Waals surface area contributed by atoms with Crippen molar-refractivity contribution in [1.82, 2.24) is 20.4 Å². The second kappa shape index (κ2) is 11.7. The van der Waals surface area contributed by atoms with Crippen molar-refractivity contribution in [2.45, 2.75) is 25.7 Å². The lowest BCUT2D eigenvalue weighted by Gasteiger charge is -2.38. The third kappa shape index (κ3) is 6.92. The highest BCUT2D eigenvalue weighted by Gasteiger charge is 2.30. The first kappa shape index (κ1) is 21.4. The molecule has 7 nitrogen and oxygen atoms in total. The van der Waals surface area contributed by atoms with Gasteiger partial charge >= 0.3 is 0 Å². The first-order valence-corrected chi connectivity index (χ1v) is 10.9. The number of ether oxygens (including phenoxy) is 1. The highest BCUT2D eigenvalue weighted by molar-refractivity contribution is 5.80. The van der Waals surface area contributed by atoms with Crippen molar-refractivity contribution in [2.24, 2.45) is 10.9 Å². The number of para-hydroxylation sites is 1. The van der Waals surface area contributed by atoms with Crippen LogP contribution in [0, 0.1) is 5.92 Å². The Labute approximate surface area is 174 Å². The molecule has 2 fully saturated rings. The molecule has 2 N–H and O–H groups in total. The van der Waals surface area contributed by atoms with E-state index in [0.29, 0.717) is 18.4 Å². The van der Waals surface area contributed by atoms with Crippen molar-refractivity contribution < 1.29 is 9.53 Å². The van der Waals surface area contributed by atoms with Crippen LogP contribution in [0.15, 0.2) is 35.3 Å². The number of carbonyl (C=O) groups excluding carboxylic acids is 1. The van der Waals surface area contributed by atoms with E-state index in [4.69, 9.17) is 4.74 Å². The quantitative estimate of drug-likeness (QED) is 0.373. The zero-order chi connectivity index (χ0) is 20.3. The molecule has 7 heteroatoms.